The fourth-order valence-corrected chi connectivity index (χ4v) is 4.02. The van der Waals surface area contributed by atoms with Crippen LogP contribution < -0.4 is 0 Å². The average molecular weight is 268 g/mol. The molecule has 3 heteroatoms. The van der Waals surface area contributed by atoms with Gasteiger partial charge in [-0.05, 0) is 22.3 Å². The van der Waals surface area contributed by atoms with Crippen molar-refractivity contribution < 1.29 is 15.3 Å². The van der Waals surface area contributed by atoms with E-state index in [1.54, 1.807) is 0 Å². The Kier molecular flexibility index (Phi) is 2.37. The Morgan fingerprint density at radius 3 is 1.90 bits per heavy atom. The van der Waals surface area contributed by atoms with Gasteiger partial charge >= 0.3 is 0 Å². The highest BCUT2D eigenvalue weighted by molar-refractivity contribution is 5.59. The number of aliphatic hydroxyl groups is 3. The Balaban J connectivity index is 2.10. The Labute approximate surface area is 117 Å². The third-order valence-corrected chi connectivity index (χ3v) is 4.89. The maximum absolute atomic E-state index is 11.2. The molecular formula is C17H16O3. The molecule has 0 saturated heterocycles. The van der Waals surface area contributed by atoms with Crippen molar-refractivity contribution in [2.75, 3.05) is 6.61 Å². The second kappa shape index (κ2) is 3.92. The molecule has 2 bridgehead atoms. The molecule has 5 rings (SSSR count). The van der Waals surface area contributed by atoms with E-state index in [0.29, 0.717) is 0 Å². The molecule has 0 spiro atoms. The zero-order valence-electron chi connectivity index (χ0n) is 10.9. The number of hydrogen-bond donors (Lipinski definition) is 3. The molecule has 2 aromatic carbocycles. The molecule has 0 fully saturated rings. The predicted molar refractivity (Wildman–Crippen MR) is 74.3 cm³/mol. The molecule has 3 N–H and O–H groups in total. The van der Waals surface area contributed by atoms with Crippen LogP contribution in [0.1, 0.15) is 28.2 Å². The zero-order chi connectivity index (χ0) is 13.9. The first-order valence-electron chi connectivity index (χ1n) is 6.89. The summed E-state index contributed by atoms with van der Waals surface area (Å²) in [4.78, 5) is 0. The Morgan fingerprint density at radius 2 is 1.40 bits per heavy atom. The lowest BCUT2D eigenvalue weighted by Gasteiger charge is -2.53. The van der Waals surface area contributed by atoms with E-state index in [4.69, 9.17) is 0 Å². The molecule has 0 aliphatic heterocycles. The van der Waals surface area contributed by atoms with E-state index in [1.807, 2.05) is 48.5 Å². The van der Waals surface area contributed by atoms with Gasteiger partial charge in [-0.25, -0.2) is 0 Å². The molecular weight excluding hydrogens is 252 g/mol. The summed E-state index contributed by atoms with van der Waals surface area (Å²) in [5.74, 6) is -0.429. The lowest BCUT2D eigenvalue weighted by molar-refractivity contribution is -0.112. The second-order valence-corrected chi connectivity index (χ2v) is 5.71. The Bertz CT molecular complexity index is 632. The van der Waals surface area contributed by atoms with Crippen LogP contribution in [0.15, 0.2) is 48.5 Å². The van der Waals surface area contributed by atoms with Gasteiger partial charge < -0.3 is 15.3 Å². The van der Waals surface area contributed by atoms with Crippen molar-refractivity contribution in [1.82, 2.24) is 0 Å². The van der Waals surface area contributed by atoms with Crippen LogP contribution >= 0.6 is 0 Å². The zero-order valence-corrected chi connectivity index (χ0v) is 10.9. The summed E-state index contributed by atoms with van der Waals surface area (Å²) in [5.41, 5.74) is 2.13. The molecule has 3 aliphatic carbocycles. The summed E-state index contributed by atoms with van der Waals surface area (Å²) in [6.07, 6.45) is -0.984. The maximum atomic E-state index is 11.2. The number of aliphatic hydroxyl groups excluding tert-OH is 2. The van der Waals surface area contributed by atoms with Crippen LogP contribution in [0.5, 0.6) is 0 Å². The number of benzene rings is 2. The van der Waals surface area contributed by atoms with Crippen molar-refractivity contribution in [2.24, 2.45) is 5.92 Å². The van der Waals surface area contributed by atoms with Crippen LogP contribution in [-0.2, 0) is 5.60 Å². The summed E-state index contributed by atoms with van der Waals surface area (Å²) in [7, 11) is 0. The van der Waals surface area contributed by atoms with Crippen LogP contribution in [0.2, 0.25) is 0 Å². The predicted octanol–water partition coefficient (Wildman–Crippen LogP) is 1.35. The van der Waals surface area contributed by atoms with Crippen LogP contribution in [0, 0.1) is 5.92 Å². The van der Waals surface area contributed by atoms with Crippen LogP contribution in [0.4, 0.5) is 0 Å². The fourth-order valence-electron chi connectivity index (χ4n) is 4.02. The van der Waals surface area contributed by atoms with E-state index in [2.05, 4.69) is 0 Å². The summed E-state index contributed by atoms with van der Waals surface area (Å²) in [6.45, 7) is -0.142. The first kappa shape index (κ1) is 12.1. The monoisotopic (exact) mass is 268 g/mol. The van der Waals surface area contributed by atoms with Gasteiger partial charge in [0.05, 0.1) is 6.10 Å². The molecule has 2 atom stereocenters. The van der Waals surface area contributed by atoms with Crippen molar-refractivity contribution in [3.63, 3.8) is 0 Å². The second-order valence-electron chi connectivity index (χ2n) is 5.71. The number of hydrogen-bond acceptors (Lipinski definition) is 3. The van der Waals surface area contributed by atoms with Crippen molar-refractivity contribution in [3.8, 4) is 0 Å². The molecule has 0 unspecified atom stereocenters. The van der Waals surface area contributed by atoms with Gasteiger partial charge in [0.2, 0.25) is 0 Å². The van der Waals surface area contributed by atoms with Gasteiger partial charge in [-0.3, -0.25) is 0 Å². The van der Waals surface area contributed by atoms with Crippen molar-refractivity contribution in [3.05, 3.63) is 70.8 Å². The van der Waals surface area contributed by atoms with Crippen molar-refractivity contribution in [2.45, 2.75) is 17.6 Å². The smallest absolute Gasteiger partial charge is 0.141 e. The van der Waals surface area contributed by atoms with Gasteiger partial charge in [0.1, 0.15) is 5.60 Å². The molecule has 0 aromatic heterocycles. The van der Waals surface area contributed by atoms with Crippen LogP contribution in [-0.4, -0.2) is 28.0 Å². The van der Waals surface area contributed by atoms with Gasteiger partial charge in [0.15, 0.2) is 0 Å². The van der Waals surface area contributed by atoms with Crippen molar-refractivity contribution >= 4 is 0 Å². The van der Waals surface area contributed by atoms with E-state index in [0.717, 1.165) is 22.3 Å². The molecule has 0 radical (unpaired) electrons. The highest BCUT2D eigenvalue weighted by Crippen LogP contribution is 2.57. The molecule has 3 nitrogen and oxygen atoms in total. The van der Waals surface area contributed by atoms with Crippen molar-refractivity contribution in [1.29, 1.82) is 0 Å². The van der Waals surface area contributed by atoms with Gasteiger partial charge in [-0.2, -0.15) is 0 Å². The highest BCUT2D eigenvalue weighted by atomic mass is 16.3. The molecule has 0 saturated carbocycles. The average Bonchev–Trinajstić information content (AvgIpc) is 2.50. The summed E-state index contributed by atoms with van der Waals surface area (Å²) >= 11 is 0. The largest absolute Gasteiger partial charge is 0.396 e. The normalized spacial score (nSPS) is 33.6. The maximum Gasteiger partial charge on any atom is 0.141 e. The quantitative estimate of drug-likeness (QED) is 0.731. The Morgan fingerprint density at radius 1 is 0.900 bits per heavy atom. The van der Waals surface area contributed by atoms with Gasteiger partial charge in [0.25, 0.3) is 0 Å². The van der Waals surface area contributed by atoms with E-state index < -0.39 is 11.7 Å². The third-order valence-electron chi connectivity index (χ3n) is 4.89. The standard InChI is InChI=1S/C17H16O3/c18-9-12-15-10-5-1-3-7-13(10)17(20,16(12)19)14-8-4-2-6-11(14)15/h1-8,12,15-16,18-20H,9H2/t12-,15?,16-,17?/m0/s1. The molecule has 2 aromatic rings. The molecule has 20 heavy (non-hydrogen) atoms. The molecule has 3 aliphatic rings. The lowest BCUT2D eigenvalue weighted by Crippen LogP contribution is -2.56. The molecule has 0 amide bonds. The Hall–Kier alpha value is -1.68. The molecule has 102 valence electrons. The van der Waals surface area contributed by atoms with E-state index >= 15 is 0 Å². The summed E-state index contributed by atoms with van der Waals surface area (Å²) < 4.78 is 0. The highest BCUT2D eigenvalue weighted by Gasteiger charge is 2.57. The number of fused-ring (bicyclic) bond motifs is 1. The van der Waals surface area contributed by atoms with Crippen LogP contribution in [0.25, 0.3) is 0 Å². The first-order valence-corrected chi connectivity index (χ1v) is 6.89. The van der Waals surface area contributed by atoms with E-state index in [1.165, 1.54) is 0 Å². The fraction of sp³-hybridized carbons (Fsp3) is 0.294. The third kappa shape index (κ3) is 1.21. The SMILES string of the molecule is OC[C@H]1C2c3ccccc3C(O)(c3ccccc32)[C@H]1O. The first-order chi connectivity index (χ1) is 9.69. The number of rotatable bonds is 1. The minimum absolute atomic E-state index is 0.0589. The topological polar surface area (TPSA) is 60.7 Å². The van der Waals surface area contributed by atoms with Gasteiger partial charge in [0, 0.05) is 18.4 Å². The van der Waals surface area contributed by atoms with Gasteiger partial charge in [-0.1, -0.05) is 48.5 Å². The minimum atomic E-state index is -1.42. The van der Waals surface area contributed by atoms with E-state index in [-0.39, 0.29) is 18.4 Å². The summed E-state index contributed by atoms with van der Waals surface area (Å²) in [6, 6.07) is 15.3. The van der Waals surface area contributed by atoms with E-state index in [9.17, 15) is 15.3 Å². The van der Waals surface area contributed by atoms with Crippen LogP contribution in [0.3, 0.4) is 0 Å². The molecule has 0 heterocycles. The summed E-state index contributed by atoms with van der Waals surface area (Å²) in [5, 5.41) is 31.5. The van der Waals surface area contributed by atoms with Gasteiger partial charge in [-0.15, -0.1) is 0 Å². The minimum Gasteiger partial charge on any atom is -0.396 e. The lowest BCUT2D eigenvalue weighted by atomic mass is 9.55.